The van der Waals surface area contributed by atoms with E-state index < -0.39 is 0 Å². The van der Waals surface area contributed by atoms with E-state index in [0.29, 0.717) is 0 Å². The van der Waals surface area contributed by atoms with Crippen molar-refractivity contribution in [3.63, 3.8) is 0 Å². The number of allylic oxidation sites excluding steroid dienone is 2. The van der Waals surface area contributed by atoms with E-state index in [-0.39, 0.29) is 35.5 Å². The Hall–Kier alpha value is -2.43. The highest BCUT2D eigenvalue weighted by Gasteiger charge is 2.56. The van der Waals surface area contributed by atoms with Crippen LogP contribution in [0.25, 0.3) is 0 Å². The molecule has 1 heterocycles. The van der Waals surface area contributed by atoms with Gasteiger partial charge >= 0.3 is 0 Å². The average molecular weight is 323 g/mol. The number of imide groups is 1. The Bertz CT molecular complexity index is 703. The molecule has 124 valence electrons. The van der Waals surface area contributed by atoms with Crippen LogP contribution in [0.5, 0.6) is 0 Å². The number of hydrogen-bond acceptors (Lipinski definition) is 4. The van der Waals surface area contributed by atoms with Crippen molar-refractivity contribution >= 4 is 23.7 Å². The summed E-state index contributed by atoms with van der Waals surface area (Å²) in [6.45, 7) is 0. The number of hydrazone groups is 1. The van der Waals surface area contributed by atoms with Crippen molar-refractivity contribution in [3.8, 4) is 0 Å². The highest BCUT2D eigenvalue weighted by atomic mass is 16.2. The number of carbonyl (C=O) groups is 2. The van der Waals surface area contributed by atoms with Crippen molar-refractivity contribution < 1.29 is 9.59 Å². The van der Waals surface area contributed by atoms with Crippen LogP contribution in [0.4, 0.5) is 5.69 Å². The molecule has 5 heteroatoms. The number of rotatable bonds is 3. The van der Waals surface area contributed by atoms with Gasteiger partial charge in [-0.05, 0) is 42.4 Å². The second-order valence-corrected chi connectivity index (χ2v) is 7.06. The van der Waals surface area contributed by atoms with Crippen LogP contribution in [0.3, 0.4) is 0 Å². The smallest absolute Gasteiger partial charge is 0.254 e. The third-order valence-corrected chi connectivity index (χ3v) is 5.47. The highest BCUT2D eigenvalue weighted by molar-refractivity contribution is 6.06. The molecule has 4 aliphatic rings. The lowest BCUT2D eigenvalue weighted by Crippen LogP contribution is -2.38. The molecule has 5 rings (SSSR count). The van der Waals surface area contributed by atoms with E-state index in [2.05, 4.69) is 17.3 Å². The predicted octanol–water partition coefficient (Wildman–Crippen LogP) is 2.28. The molecule has 1 saturated carbocycles. The SMILES string of the molecule is CN(C)c1ccc(/C=N\N2C(=O)[C@@H]3[C@@H](C2=O)[C@H]2C=C[C@@H]3CC2)cc1. The fourth-order valence-corrected chi connectivity index (χ4v) is 4.16. The molecule has 3 aliphatic carbocycles. The molecule has 0 N–H and O–H groups in total. The largest absolute Gasteiger partial charge is 0.378 e. The van der Waals surface area contributed by atoms with Gasteiger partial charge < -0.3 is 4.90 Å². The van der Waals surface area contributed by atoms with Crippen molar-refractivity contribution in [1.29, 1.82) is 0 Å². The molecule has 2 amide bonds. The summed E-state index contributed by atoms with van der Waals surface area (Å²) in [4.78, 5) is 27.3. The Kier molecular flexibility index (Phi) is 3.52. The van der Waals surface area contributed by atoms with Gasteiger partial charge in [0.05, 0.1) is 18.1 Å². The third-order valence-electron chi connectivity index (χ3n) is 5.47. The Balaban J connectivity index is 1.55. The second-order valence-electron chi connectivity index (χ2n) is 7.06. The zero-order chi connectivity index (χ0) is 16.8. The summed E-state index contributed by atoms with van der Waals surface area (Å²) in [5.74, 6) is -0.258. The van der Waals surface area contributed by atoms with Gasteiger partial charge in [0.2, 0.25) is 0 Å². The highest BCUT2D eigenvalue weighted by Crippen LogP contribution is 2.49. The fraction of sp³-hybridized carbons (Fsp3) is 0.421. The van der Waals surface area contributed by atoms with Crippen molar-refractivity contribution in [2.45, 2.75) is 12.8 Å². The molecule has 1 aromatic rings. The Morgan fingerprint density at radius 1 is 1.00 bits per heavy atom. The van der Waals surface area contributed by atoms with Crippen LogP contribution in [0, 0.1) is 23.7 Å². The number of amides is 2. The van der Waals surface area contributed by atoms with Crippen molar-refractivity contribution in [2.24, 2.45) is 28.8 Å². The van der Waals surface area contributed by atoms with E-state index in [9.17, 15) is 9.59 Å². The van der Waals surface area contributed by atoms with Crippen molar-refractivity contribution in [3.05, 3.63) is 42.0 Å². The summed E-state index contributed by atoms with van der Waals surface area (Å²) < 4.78 is 0. The fourth-order valence-electron chi connectivity index (χ4n) is 4.16. The van der Waals surface area contributed by atoms with Gasteiger partial charge in [0, 0.05) is 19.8 Å². The van der Waals surface area contributed by atoms with E-state index in [1.165, 1.54) is 0 Å². The summed E-state index contributed by atoms with van der Waals surface area (Å²) >= 11 is 0. The van der Waals surface area contributed by atoms with Crippen molar-refractivity contribution in [2.75, 3.05) is 19.0 Å². The molecule has 0 unspecified atom stereocenters. The maximum atomic E-state index is 12.7. The summed E-state index contributed by atoms with van der Waals surface area (Å²) in [6.07, 6.45) is 7.85. The van der Waals surface area contributed by atoms with Crippen LogP contribution in [-0.2, 0) is 9.59 Å². The number of hydrogen-bond donors (Lipinski definition) is 0. The van der Waals surface area contributed by atoms with Gasteiger partial charge in [0.25, 0.3) is 11.8 Å². The predicted molar refractivity (Wildman–Crippen MR) is 92.6 cm³/mol. The van der Waals surface area contributed by atoms with Crippen molar-refractivity contribution in [1.82, 2.24) is 5.01 Å². The van der Waals surface area contributed by atoms with Gasteiger partial charge in [-0.2, -0.15) is 10.1 Å². The molecular formula is C19H21N3O2. The third kappa shape index (κ3) is 2.27. The molecule has 0 spiro atoms. The summed E-state index contributed by atoms with van der Waals surface area (Å²) in [5.41, 5.74) is 1.96. The molecule has 1 aromatic carbocycles. The van der Waals surface area contributed by atoms with Crippen LogP contribution < -0.4 is 4.90 Å². The second kappa shape index (κ2) is 5.58. The monoisotopic (exact) mass is 323 g/mol. The minimum Gasteiger partial charge on any atom is -0.378 e. The Morgan fingerprint density at radius 2 is 1.54 bits per heavy atom. The van der Waals surface area contributed by atoms with Gasteiger partial charge in [-0.15, -0.1) is 0 Å². The van der Waals surface area contributed by atoms with Gasteiger partial charge in [0.15, 0.2) is 0 Å². The first-order valence-electron chi connectivity index (χ1n) is 8.44. The molecule has 0 aromatic heterocycles. The van der Waals surface area contributed by atoms with E-state index in [0.717, 1.165) is 29.1 Å². The molecule has 2 fully saturated rings. The lowest BCUT2D eigenvalue weighted by atomic mass is 9.63. The summed E-state index contributed by atoms with van der Waals surface area (Å²) in [5, 5.41) is 5.32. The molecule has 24 heavy (non-hydrogen) atoms. The minimum atomic E-state index is -0.200. The first-order chi connectivity index (χ1) is 11.6. The molecule has 0 radical (unpaired) electrons. The van der Waals surface area contributed by atoms with Gasteiger partial charge in [-0.25, -0.2) is 0 Å². The molecular weight excluding hydrogens is 302 g/mol. The van der Waals surface area contributed by atoms with E-state index >= 15 is 0 Å². The van der Waals surface area contributed by atoms with Gasteiger partial charge in [-0.1, -0.05) is 24.3 Å². The molecule has 5 nitrogen and oxygen atoms in total. The minimum absolute atomic E-state index is 0.134. The average Bonchev–Trinajstić information content (AvgIpc) is 2.87. The summed E-state index contributed by atoms with van der Waals surface area (Å²) in [6, 6.07) is 7.84. The van der Waals surface area contributed by atoms with Crippen LogP contribution in [0.15, 0.2) is 41.5 Å². The zero-order valence-electron chi connectivity index (χ0n) is 13.9. The lowest BCUT2D eigenvalue weighted by molar-refractivity contribution is -0.140. The first-order valence-corrected chi connectivity index (χ1v) is 8.44. The maximum absolute atomic E-state index is 12.7. The lowest BCUT2D eigenvalue weighted by Gasteiger charge is -2.37. The molecule has 4 atom stereocenters. The Morgan fingerprint density at radius 3 is 2.00 bits per heavy atom. The standard InChI is InChI=1S/C19H21N3O2/c1-21(2)15-9-3-12(4-10-15)11-20-22-18(23)16-13-5-6-14(8-7-13)17(16)19(22)24/h3-6,9-11,13-14,16-17H,7-8H2,1-2H3/b20-11-/t13-,14+,16-,17-/m0/s1. The number of benzene rings is 1. The van der Waals surface area contributed by atoms with Crippen LogP contribution in [-0.4, -0.2) is 37.1 Å². The maximum Gasteiger partial charge on any atom is 0.254 e. The molecule has 1 saturated heterocycles. The topological polar surface area (TPSA) is 53.0 Å². The van der Waals surface area contributed by atoms with E-state index in [1.807, 2.05) is 43.3 Å². The van der Waals surface area contributed by atoms with Crippen LogP contribution in [0.2, 0.25) is 0 Å². The Labute approximate surface area is 141 Å². The number of fused-ring (bicyclic) bond motifs is 1. The van der Waals surface area contributed by atoms with Gasteiger partial charge in [-0.3, -0.25) is 9.59 Å². The normalized spacial score (nSPS) is 31.2. The molecule has 2 bridgehead atoms. The van der Waals surface area contributed by atoms with E-state index in [4.69, 9.17) is 0 Å². The van der Waals surface area contributed by atoms with E-state index in [1.54, 1.807) is 6.21 Å². The number of carbonyl (C=O) groups excluding carboxylic acids is 2. The zero-order valence-corrected chi connectivity index (χ0v) is 13.9. The van der Waals surface area contributed by atoms with Gasteiger partial charge in [0.1, 0.15) is 0 Å². The van der Waals surface area contributed by atoms with Crippen LogP contribution in [0.1, 0.15) is 18.4 Å². The quantitative estimate of drug-likeness (QED) is 0.487. The first kappa shape index (κ1) is 15.1. The summed E-state index contributed by atoms with van der Waals surface area (Å²) in [7, 11) is 3.96. The molecule has 1 aliphatic heterocycles. The number of anilines is 1. The van der Waals surface area contributed by atoms with Crippen LogP contribution >= 0.6 is 0 Å². The number of nitrogens with zero attached hydrogens (tertiary/aromatic N) is 3.